The molecule has 0 aliphatic carbocycles. The van der Waals surface area contributed by atoms with Gasteiger partial charge in [0.05, 0.1) is 0 Å². The normalized spacial score (nSPS) is 10.9. The van der Waals surface area contributed by atoms with Crippen LogP contribution in [-0.4, -0.2) is 22.6 Å². The maximum Gasteiger partial charge on any atom is 0.695 e. The molecule has 6 heteroatoms. The molecule has 5 nitrogen and oxygen atoms in total. The van der Waals surface area contributed by atoms with E-state index in [1.807, 2.05) is 0 Å². The zero-order chi connectivity index (χ0) is 6.57. The molecule has 0 rings (SSSR count). The number of hydrogen-bond acceptors (Lipinski definition) is 3. The lowest BCUT2D eigenvalue weighted by Crippen LogP contribution is -2.01. The first kappa shape index (κ1) is 7.49. The van der Waals surface area contributed by atoms with Crippen LogP contribution in [0.1, 0.15) is 0 Å². The van der Waals surface area contributed by atoms with Crippen molar-refractivity contribution in [2.24, 2.45) is 0 Å². The summed E-state index contributed by atoms with van der Waals surface area (Å²) in [5.74, 6) is -1.26. The molecule has 2 N–H and O–H groups in total. The SMILES string of the molecule is O=C(O)CO[P+](=O)O. The Hall–Kier alpha value is -0.510. The molecule has 0 saturated heterocycles. The van der Waals surface area contributed by atoms with Crippen molar-refractivity contribution in [1.29, 1.82) is 0 Å². The molecule has 1 atom stereocenters. The molecule has 0 aliphatic rings. The van der Waals surface area contributed by atoms with Crippen LogP contribution >= 0.6 is 8.25 Å². The van der Waals surface area contributed by atoms with E-state index in [4.69, 9.17) is 10.00 Å². The lowest BCUT2D eigenvalue weighted by molar-refractivity contribution is -0.139. The minimum absolute atomic E-state index is 0.730. The van der Waals surface area contributed by atoms with Crippen LogP contribution in [0.25, 0.3) is 0 Å². The van der Waals surface area contributed by atoms with Crippen LogP contribution in [0.5, 0.6) is 0 Å². The molecule has 0 heterocycles. The molecule has 0 aromatic rings. The molecule has 0 saturated carbocycles. The van der Waals surface area contributed by atoms with Gasteiger partial charge in [0.1, 0.15) is 0 Å². The summed E-state index contributed by atoms with van der Waals surface area (Å²) >= 11 is 0. The van der Waals surface area contributed by atoms with Crippen molar-refractivity contribution < 1.29 is 23.9 Å². The van der Waals surface area contributed by atoms with Crippen LogP contribution in [0.4, 0.5) is 0 Å². The fourth-order valence-electron chi connectivity index (χ4n) is 0.110. The first-order valence-electron chi connectivity index (χ1n) is 1.64. The van der Waals surface area contributed by atoms with E-state index >= 15 is 0 Å². The molecule has 0 aliphatic heterocycles. The topological polar surface area (TPSA) is 83.8 Å². The van der Waals surface area contributed by atoms with Gasteiger partial charge in [0.25, 0.3) is 0 Å². The highest BCUT2D eigenvalue weighted by Crippen LogP contribution is 2.12. The van der Waals surface area contributed by atoms with Crippen LogP contribution in [0.15, 0.2) is 0 Å². The summed E-state index contributed by atoms with van der Waals surface area (Å²) in [5.41, 5.74) is 0. The molecule has 0 aromatic heterocycles. The predicted octanol–water partition coefficient (Wildman–Crippen LogP) is -0.263. The molecular formula is C2H4O5P+. The molecule has 8 heavy (non-hydrogen) atoms. The Morgan fingerprint density at radius 1 is 1.75 bits per heavy atom. The third kappa shape index (κ3) is 5.49. The second kappa shape index (κ2) is 3.49. The van der Waals surface area contributed by atoms with E-state index in [9.17, 15) is 9.36 Å². The van der Waals surface area contributed by atoms with Gasteiger partial charge in [0.2, 0.25) is 6.61 Å². The molecule has 0 radical (unpaired) electrons. The minimum atomic E-state index is -2.76. The second-order valence-corrected chi connectivity index (χ2v) is 1.64. The number of hydrogen-bond donors (Lipinski definition) is 2. The summed E-state index contributed by atoms with van der Waals surface area (Å²) < 4.78 is 13.3. The molecule has 0 bridgehead atoms. The minimum Gasteiger partial charge on any atom is -0.479 e. The maximum atomic E-state index is 9.57. The van der Waals surface area contributed by atoms with Gasteiger partial charge in [-0.15, -0.1) is 9.42 Å². The molecule has 0 spiro atoms. The summed E-state index contributed by atoms with van der Waals surface area (Å²) in [6, 6.07) is 0. The van der Waals surface area contributed by atoms with Gasteiger partial charge in [-0.25, -0.2) is 4.79 Å². The highest BCUT2D eigenvalue weighted by molar-refractivity contribution is 7.32. The monoisotopic (exact) mass is 139 g/mol. The van der Waals surface area contributed by atoms with Gasteiger partial charge in [-0.3, -0.25) is 0 Å². The van der Waals surface area contributed by atoms with Gasteiger partial charge in [-0.2, -0.15) is 0 Å². The molecule has 0 aromatic carbocycles. The average Bonchev–Trinajstić information content (AvgIpc) is 1.61. The van der Waals surface area contributed by atoms with Crippen molar-refractivity contribution in [3.8, 4) is 0 Å². The maximum absolute atomic E-state index is 9.57. The summed E-state index contributed by atoms with van der Waals surface area (Å²) in [6.45, 7) is -0.730. The summed E-state index contributed by atoms with van der Waals surface area (Å²) in [5, 5.41) is 7.80. The van der Waals surface area contributed by atoms with Crippen LogP contribution in [0.2, 0.25) is 0 Å². The Kier molecular flexibility index (Phi) is 3.26. The van der Waals surface area contributed by atoms with Gasteiger partial charge in [0, 0.05) is 4.57 Å². The summed E-state index contributed by atoms with van der Waals surface area (Å²) in [7, 11) is -2.76. The summed E-state index contributed by atoms with van der Waals surface area (Å²) in [4.78, 5) is 17.4. The standard InChI is InChI=1S/C2H3O5P/c3-2(4)1-7-8(5)6/h1H2,(H-,3,4,5,6)/p+1. The molecule has 1 unspecified atom stereocenters. The molecule has 46 valence electrons. The number of aliphatic carboxylic acids is 1. The van der Waals surface area contributed by atoms with Gasteiger partial charge in [-0.05, 0) is 0 Å². The lowest BCUT2D eigenvalue weighted by atomic mass is 10.8. The Bertz CT molecular complexity index is 95.0. The Balaban J connectivity index is 3.18. The zero-order valence-corrected chi connectivity index (χ0v) is 4.67. The van der Waals surface area contributed by atoms with E-state index in [1.165, 1.54) is 0 Å². The fraction of sp³-hybridized carbons (Fsp3) is 0.500. The number of carbonyl (C=O) groups is 1. The third-order valence-electron chi connectivity index (χ3n) is 0.298. The average molecular weight is 139 g/mol. The van der Waals surface area contributed by atoms with E-state index in [-0.39, 0.29) is 0 Å². The van der Waals surface area contributed by atoms with Crippen molar-refractivity contribution in [3.05, 3.63) is 0 Å². The van der Waals surface area contributed by atoms with Gasteiger partial charge in [0.15, 0.2) is 0 Å². The van der Waals surface area contributed by atoms with Crippen molar-refractivity contribution in [2.45, 2.75) is 0 Å². The van der Waals surface area contributed by atoms with E-state index in [2.05, 4.69) is 4.52 Å². The van der Waals surface area contributed by atoms with E-state index < -0.39 is 20.8 Å². The highest BCUT2D eigenvalue weighted by atomic mass is 31.1. The first-order chi connectivity index (χ1) is 3.63. The zero-order valence-electron chi connectivity index (χ0n) is 3.77. The third-order valence-corrected chi connectivity index (χ3v) is 0.648. The number of carboxylic acids is 1. The van der Waals surface area contributed by atoms with Gasteiger partial charge < -0.3 is 5.11 Å². The van der Waals surface area contributed by atoms with Crippen LogP contribution < -0.4 is 0 Å². The first-order valence-corrected chi connectivity index (χ1v) is 2.77. The van der Waals surface area contributed by atoms with Crippen LogP contribution in [0, 0.1) is 0 Å². The molecular weight excluding hydrogens is 135 g/mol. The Morgan fingerprint density at radius 3 is 2.38 bits per heavy atom. The highest BCUT2D eigenvalue weighted by Gasteiger charge is 2.13. The fourth-order valence-corrected chi connectivity index (χ4v) is 0.331. The predicted molar refractivity (Wildman–Crippen MR) is 23.4 cm³/mol. The largest absolute Gasteiger partial charge is 0.695 e. The molecule has 0 amide bonds. The van der Waals surface area contributed by atoms with Crippen molar-refractivity contribution in [2.75, 3.05) is 6.61 Å². The van der Waals surface area contributed by atoms with Gasteiger partial charge >= 0.3 is 14.2 Å². The van der Waals surface area contributed by atoms with Crippen LogP contribution in [0.3, 0.4) is 0 Å². The lowest BCUT2D eigenvalue weighted by Gasteiger charge is -1.77. The van der Waals surface area contributed by atoms with Crippen molar-refractivity contribution in [3.63, 3.8) is 0 Å². The second-order valence-electron chi connectivity index (χ2n) is 0.905. The smallest absolute Gasteiger partial charge is 0.479 e. The van der Waals surface area contributed by atoms with Gasteiger partial charge in [-0.1, -0.05) is 0 Å². The van der Waals surface area contributed by atoms with E-state index in [1.54, 1.807) is 0 Å². The summed E-state index contributed by atoms with van der Waals surface area (Å²) in [6.07, 6.45) is 0. The van der Waals surface area contributed by atoms with Crippen LogP contribution in [-0.2, 0) is 13.9 Å². The molecule has 0 fully saturated rings. The quantitative estimate of drug-likeness (QED) is 0.526. The number of rotatable bonds is 3. The van der Waals surface area contributed by atoms with Crippen molar-refractivity contribution in [1.82, 2.24) is 0 Å². The Morgan fingerprint density at radius 2 is 2.25 bits per heavy atom. The number of carboxylic acid groups (broad SMARTS) is 1. The Labute approximate surface area is 45.8 Å². The van der Waals surface area contributed by atoms with E-state index in [0.29, 0.717) is 0 Å². The van der Waals surface area contributed by atoms with Crippen molar-refractivity contribution >= 4 is 14.2 Å². The van der Waals surface area contributed by atoms with E-state index in [0.717, 1.165) is 0 Å².